The highest BCUT2D eigenvalue weighted by Crippen LogP contribution is 2.29. The van der Waals surface area contributed by atoms with Gasteiger partial charge in [0.1, 0.15) is 0 Å². The van der Waals surface area contributed by atoms with Gasteiger partial charge in [0.15, 0.2) is 11.0 Å². The van der Waals surface area contributed by atoms with Gasteiger partial charge < -0.3 is 5.32 Å². The number of rotatable bonds is 6. The number of halogens is 1. The number of carbonyl (C=O) groups is 1. The number of benzene rings is 1. The smallest absolute Gasteiger partial charge is 0.230 e. The fraction of sp³-hybridized carbons (Fsp3) is 0.364. The second-order valence-electron chi connectivity index (χ2n) is 8.11. The lowest BCUT2D eigenvalue weighted by molar-refractivity contribution is -0.119. The van der Waals surface area contributed by atoms with Gasteiger partial charge in [0, 0.05) is 47.3 Å². The zero-order chi connectivity index (χ0) is 21.9. The van der Waals surface area contributed by atoms with Gasteiger partial charge in [-0.2, -0.15) is 0 Å². The summed E-state index contributed by atoms with van der Waals surface area (Å²) in [5, 5.41) is 13.3. The number of thioether (sulfide) groups is 1. The molecule has 166 valence electrons. The molecule has 3 aromatic rings. The highest BCUT2D eigenvalue weighted by molar-refractivity contribution is 7.99. The lowest BCUT2D eigenvalue weighted by Crippen LogP contribution is -2.45. The van der Waals surface area contributed by atoms with E-state index in [-0.39, 0.29) is 17.7 Å². The van der Waals surface area contributed by atoms with Gasteiger partial charge in [0.25, 0.3) is 0 Å². The monoisotopic (exact) mass is 469 g/mol. The molecule has 5 rings (SSSR count). The summed E-state index contributed by atoms with van der Waals surface area (Å²) in [7, 11) is 0. The molecule has 2 fully saturated rings. The van der Waals surface area contributed by atoms with Crippen LogP contribution in [0.2, 0.25) is 5.02 Å². The summed E-state index contributed by atoms with van der Waals surface area (Å²) in [6, 6.07) is 11.9. The molecule has 0 radical (unpaired) electrons. The molecule has 10 heteroatoms. The molecule has 1 aliphatic heterocycles. The van der Waals surface area contributed by atoms with E-state index in [0.717, 1.165) is 37.1 Å². The van der Waals surface area contributed by atoms with Crippen LogP contribution in [0, 0.1) is 5.92 Å². The second-order valence-corrected chi connectivity index (χ2v) is 9.49. The lowest BCUT2D eigenvalue weighted by Gasteiger charge is -2.31. The van der Waals surface area contributed by atoms with Crippen LogP contribution in [-0.4, -0.2) is 50.0 Å². The van der Waals surface area contributed by atoms with Gasteiger partial charge in [0.2, 0.25) is 5.91 Å². The molecule has 3 N–H and O–H groups in total. The Hall–Kier alpha value is -2.46. The van der Waals surface area contributed by atoms with E-state index in [0.29, 0.717) is 28.0 Å². The van der Waals surface area contributed by atoms with Crippen molar-refractivity contribution in [1.82, 2.24) is 35.9 Å². The molecule has 0 bridgehead atoms. The molecule has 3 atom stereocenters. The van der Waals surface area contributed by atoms with E-state index in [1.165, 1.54) is 11.8 Å². The zero-order valence-electron chi connectivity index (χ0n) is 17.4. The summed E-state index contributed by atoms with van der Waals surface area (Å²) in [6.07, 6.45) is 6.55. The van der Waals surface area contributed by atoms with Gasteiger partial charge in [-0.15, -0.1) is 10.2 Å². The highest BCUT2D eigenvalue weighted by Gasteiger charge is 2.34. The minimum atomic E-state index is 0.0144. The molecule has 1 aliphatic carbocycles. The van der Waals surface area contributed by atoms with Crippen molar-refractivity contribution in [2.75, 3.05) is 12.3 Å². The van der Waals surface area contributed by atoms with Crippen molar-refractivity contribution in [2.24, 2.45) is 5.92 Å². The summed E-state index contributed by atoms with van der Waals surface area (Å²) in [4.78, 5) is 16.8. The predicted molar refractivity (Wildman–Crippen MR) is 125 cm³/mol. The van der Waals surface area contributed by atoms with E-state index in [1.54, 1.807) is 12.4 Å². The van der Waals surface area contributed by atoms with E-state index in [4.69, 9.17) is 11.6 Å². The van der Waals surface area contributed by atoms with Crippen molar-refractivity contribution < 1.29 is 4.79 Å². The van der Waals surface area contributed by atoms with Crippen LogP contribution in [-0.2, 0) is 4.79 Å². The normalized spacial score (nSPS) is 22.5. The quantitative estimate of drug-likeness (QED) is 0.477. The number of hydrazine groups is 1. The average Bonchev–Trinajstić information content (AvgIpc) is 3.45. The molecule has 1 aromatic carbocycles. The van der Waals surface area contributed by atoms with Crippen molar-refractivity contribution in [2.45, 2.75) is 36.5 Å². The maximum Gasteiger partial charge on any atom is 0.230 e. The topological polar surface area (TPSA) is 96.8 Å². The van der Waals surface area contributed by atoms with E-state index in [9.17, 15) is 4.79 Å². The molecule has 1 saturated carbocycles. The first-order valence-corrected chi connectivity index (χ1v) is 12.1. The van der Waals surface area contributed by atoms with Crippen molar-refractivity contribution in [3.05, 3.63) is 53.8 Å². The van der Waals surface area contributed by atoms with Crippen LogP contribution < -0.4 is 16.2 Å². The molecule has 2 aliphatic rings. The lowest BCUT2D eigenvalue weighted by atomic mass is 9.83. The summed E-state index contributed by atoms with van der Waals surface area (Å²) in [5.74, 6) is 1.65. The van der Waals surface area contributed by atoms with Gasteiger partial charge in [-0.05, 0) is 61.6 Å². The van der Waals surface area contributed by atoms with Crippen molar-refractivity contribution in [1.29, 1.82) is 0 Å². The summed E-state index contributed by atoms with van der Waals surface area (Å²) in [6.45, 7) is 1.02. The molecule has 0 spiro atoms. The summed E-state index contributed by atoms with van der Waals surface area (Å²) >= 11 is 7.46. The van der Waals surface area contributed by atoms with Crippen LogP contribution in [0.1, 0.15) is 19.3 Å². The Bertz CT molecular complexity index is 1080. The third kappa shape index (κ3) is 4.66. The third-order valence-corrected chi connectivity index (χ3v) is 7.18. The van der Waals surface area contributed by atoms with E-state index in [1.807, 2.05) is 41.0 Å². The first-order chi connectivity index (χ1) is 15.7. The van der Waals surface area contributed by atoms with Gasteiger partial charge >= 0.3 is 0 Å². The predicted octanol–water partition coefficient (Wildman–Crippen LogP) is 2.84. The fourth-order valence-corrected chi connectivity index (χ4v) is 5.27. The maximum absolute atomic E-state index is 12.7. The Morgan fingerprint density at radius 1 is 1.16 bits per heavy atom. The largest absolute Gasteiger partial charge is 0.353 e. The standard InChI is InChI=1S/C22H24ClN7OS/c23-16-2-5-18(6-3-16)30-21(14-7-9-24-10-8-14)28-29-22(30)32-13-20(31)26-17-4-1-15-12-25-27-19(15)11-17/h2-3,5-10,15,17,19,25,27H,1,4,11-13H2,(H,26,31). The minimum absolute atomic E-state index is 0.0144. The van der Waals surface area contributed by atoms with Crippen molar-refractivity contribution >= 4 is 29.3 Å². The van der Waals surface area contributed by atoms with E-state index >= 15 is 0 Å². The van der Waals surface area contributed by atoms with E-state index in [2.05, 4.69) is 31.3 Å². The first kappa shape index (κ1) is 21.4. The fourth-order valence-electron chi connectivity index (χ4n) is 4.38. The van der Waals surface area contributed by atoms with Gasteiger partial charge in [-0.3, -0.25) is 25.2 Å². The van der Waals surface area contributed by atoms with Crippen LogP contribution in [0.15, 0.2) is 53.9 Å². The number of nitrogens with zero attached hydrogens (tertiary/aromatic N) is 4. The number of amides is 1. The molecule has 1 saturated heterocycles. The summed E-state index contributed by atoms with van der Waals surface area (Å²) < 4.78 is 1.95. The Labute approximate surface area is 195 Å². The molecule has 8 nitrogen and oxygen atoms in total. The molecule has 3 unspecified atom stereocenters. The third-order valence-electron chi connectivity index (χ3n) is 6.00. The SMILES string of the molecule is O=C(CSc1nnc(-c2ccncc2)n1-c1ccc(Cl)cc1)NC1CCC2CNNC2C1. The van der Waals surface area contributed by atoms with Gasteiger partial charge in [-0.1, -0.05) is 23.4 Å². The minimum Gasteiger partial charge on any atom is -0.353 e. The van der Waals surface area contributed by atoms with Crippen LogP contribution in [0.3, 0.4) is 0 Å². The van der Waals surface area contributed by atoms with Crippen LogP contribution in [0.4, 0.5) is 0 Å². The van der Waals surface area contributed by atoms with Crippen molar-refractivity contribution in [3.63, 3.8) is 0 Å². The van der Waals surface area contributed by atoms with Gasteiger partial charge in [0.05, 0.1) is 5.75 Å². The number of nitrogens with one attached hydrogen (secondary N) is 3. The van der Waals surface area contributed by atoms with Gasteiger partial charge in [-0.25, -0.2) is 0 Å². The maximum atomic E-state index is 12.7. The molecule has 2 aromatic heterocycles. The molecular formula is C22H24ClN7OS. The Balaban J connectivity index is 1.30. The molecule has 32 heavy (non-hydrogen) atoms. The number of hydrogen-bond donors (Lipinski definition) is 3. The second kappa shape index (κ2) is 9.58. The molecular weight excluding hydrogens is 446 g/mol. The first-order valence-electron chi connectivity index (χ1n) is 10.7. The number of aromatic nitrogens is 4. The Morgan fingerprint density at radius 3 is 2.78 bits per heavy atom. The van der Waals surface area contributed by atoms with Crippen molar-refractivity contribution in [3.8, 4) is 17.1 Å². The Morgan fingerprint density at radius 2 is 1.97 bits per heavy atom. The molecule has 1 amide bonds. The van der Waals surface area contributed by atoms with E-state index < -0.39 is 0 Å². The van der Waals surface area contributed by atoms with Crippen LogP contribution in [0.25, 0.3) is 17.1 Å². The van der Waals surface area contributed by atoms with Crippen LogP contribution >= 0.6 is 23.4 Å². The highest BCUT2D eigenvalue weighted by atomic mass is 35.5. The van der Waals surface area contributed by atoms with Crippen LogP contribution in [0.5, 0.6) is 0 Å². The number of carbonyl (C=O) groups excluding carboxylic acids is 1. The number of hydrogen-bond acceptors (Lipinski definition) is 7. The Kier molecular flexibility index (Phi) is 6.40. The average molecular weight is 470 g/mol. The number of fused-ring (bicyclic) bond motifs is 1. The summed E-state index contributed by atoms with van der Waals surface area (Å²) in [5.41, 5.74) is 8.33. The molecule has 3 heterocycles. The number of pyridine rings is 1. The zero-order valence-corrected chi connectivity index (χ0v) is 18.9.